The molecule has 2 fully saturated rings. The van der Waals surface area contributed by atoms with Gasteiger partial charge in [0.25, 0.3) is 0 Å². The maximum atomic E-state index is 14.1. The number of rotatable bonds is 59. The van der Waals surface area contributed by atoms with Crippen LogP contribution in [0.5, 0.6) is 0 Å². The molecule has 21 nitrogen and oxygen atoms in total. The quantitative estimate of drug-likeness (QED) is 0.0129. The van der Waals surface area contributed by atoms with E-state index in [-0.39, 0.29) is 44.5 Å². The number of Topliss-reactive ketones (excluding diaryl/α,β-unsaturated/α-hetero) is 1. The molecule has 524 valence electrons. The van der Waals surface area contributed by atoms with Crippen LogP contribution in [0.1, 0.15) is 285 Å². The molecule has 2 rings (SSSR count). The number of hydrogen-bond acceptors (Lipinski definition) is 15. The predicted molar refractivity (Wildman–Crippen MR) is 347 cm³/mol. The van der Waals surface area contributed by atoms with Gasteiger partial charge in [0.1, 0.15) is 54.5 Å². The highest BCUT2D eigenvalue weighted by Gasteiger charge is 2.53. The summed E-state index contributed by atoms with van der Waals surface area (Å²) in [4.78, 5) is 82.2. The van der Waals surface area contributed by atoms with E-state index in [1.165, 1.54) is 58.5 Å². The second-order valence-electron chi connectivity index (χ2n) is 24.8. The van der Waals surface area contributed by atoms with Gasteiger partial charge >= 0.3 is 15.6 Å². The zero-order chi connectivity index (χ0) is 65.4. The van der Waals surface area contributed by atoms with Gasteiger partial charge in [-0.1, -0.05) is 220 Å². The van der Waals surface area contributed by atoms with Crippen molar-refractivity contribution in [3.05, 3.63) is 12.2 Å². The van der Waals surface area contributed by atoms with Gasteiger partial charge in [-0.15, -0.1) is 0 Å². The molecule has 0 radical (unpaired) electrons. The number of methoxy groups -OCH3 is 2. The fourth-order valence-corrected chi connectivity index (χ4v) is 12.7. The van der Waals surface area contributed by atoms with Gasteiger partial charge in [-0.3, -0.25) is 23.4 Å². The Morgan fingerprint density at radius 3 is 1.45 bits per heavy atom. The lowest BCUT2D eigenvalue weighted by atomic mass is 9.95. The molecular formula is C66H126N2O19P2. The number of ketones is 1. The van der Waals surface area contributed by atoms with Gasteiger partial charge in [0, 0.05) is 40.3 Å². The fraction of sp³-hybridized carbons (Fsp3) is 0.924. The van der Waals surface area contributed by atoms with E-state index < -0.39 is 102 Å². The number of aliphatic hydroxyl groups excluding tert-OH is 1. The number of phosphoric ester groups is 2. The second-order valence-corrected chi connectivity index (χ2v) is 27.2. The van der Waals surface area contributed by atoms with E-state index in [2.05, 4.69) is 50.5 Å². The number of phosphoric acid groups is 2. The fourth-order valence-electron chi connectivity index (χ4n) is 11.7. The Bertz CT molecular complexity index is 1900. The third kappa shape index (κ3) is 41.0. The minimum absolute atomic E-state index is 0.00889. The van der Waals surface area contributed by atoms with E-state index in [9.17, 15) is 48.2 Å². The number of carbonyl (C=O) groups is 3. The molecule has 11 atom stereocenters. The highest BCUT2D eigenvalue weighted by Crippen LogP contribution is 2.44. The van der Waals surface area contributed by atoms with Crippen molar-refractivity contribution in [1.29, 1.82) is 0 Å². The Kier molecular flexibility index (Phi) is 49.2. The zero-order valence-electron chi connectivity index (χ0n) is 56.0. The van der Waals surface area contributed by atoms with Crippen molar-refractivity contribution in [3.63, 3.8) is 0 Å². The van der Waals surface area contributed by atoms with Crippen molar-refractivity contribution < 1.29 is 90.4 Å². The number of allylic oxidation sites excluding steroid dienone is 2. The topological polar surface area (TPSA) is 294 Å². The molecule has 0 aromatic rings. The van der Waals surface area contributed by atoms with Crippen LogP contribution in [0.15, 0.2) is 12.2 Å². The summed E-state index contributed by atoms with van der Waals surface area (Å²) in [5.41, 5.74) is 0. The van der Waals surface area contributed by atoms with Gasteiger partial charge in [-0.25, -0.2) is 9.13 Å². The Labute approximate surface area is 536 Å². The molecule has 2 saturated heterocycles. The number of hydrogen-bond donors (Lipinski definition) is 7. The highest BCUT2D eigenvalue weighted by atomic mass is 31.2. The van der Waals surface area contributed by atoms with Crippen molar-refractivity contribution in [3.8, 4) is 0 Å². The molecule has 2 amide bonds. The van der Waals surface area contributed by atoms with E-state index in [0.717, 1.165) is 161 Å². The Morgan fingerprint density at radius 2 is 0.921 bits per heavy atom. The van der Waals surface area contributed by atoms with Crippen LogP contribution in [0.3, 0.4) is 0 Å². The molecule has 0 bridgehead atoms. The molecule has 2 aliphatic heterocycles. The van der Waals surface area contributed by atoms with E-state index >= 15 is 0 Å². The molecule has 89 heavy (non-hydrogen) atoms. The van der Waals surface area contributed by atoms with Crippen molar-refractivity contribution in [2.45, 2.75) is 352 Å². The SMILES string of the molecule is CCCCCC/C=C\CCCCCCCCCC(=O)N[C@H]1[C@H](OC[C@H]2O[C@H](OP(=O)(O)O)[C@H](NC(=O)CC(=O)CCCCCCCCCCC)[C@@H](OCCCCCCCCCC)[C@@H]2O)O[C@H](COC)[C@@H](OP(=O)(O)O)[C@@H]1OCC[C@H](CCCCCCC)OC. The van der Waals surface area contributed by atoms with Crippen LogP contribution in [-0.4, -0.2) is 150 Å². The molecule has 0 spiro atoms. The normalized spacial score (nSPS) is 22.9. The Balaban J connectivity index is 2.45. The summed E-state index contributed by atoms with van der Waals surface area (Å²) >= 11 is 0. The van der Waals surface area contributed by atoms with E-state index in [1.807, 2.05) is 0 Å². The first kappa shape index (κ1) is 83.3. The first-order valence-corrected chi connectivity index (χ1v) is 38.1. The number of carbonyl (C=O) groups excluding carboxylic acids is 3. The zero-order valence-corrected chi connectivity index (χ0v) is 57.8. The average Bonchev–Trinajstić information content (AvgIpc) is 0.966. The summed E-state index contributed by atoms with van der Waals surface area (Å²) in [5, 5.41) is 17.9. The third-order valence-electron chi connectivity index (χ3n) is 16.8. The summed E-state index contributed by atoms with van der Waals surface area (Å²) in [6.07, 6.45) is 29.6. The maximum absolute atomic E-state index is 14.1. The van der Waals surface area contributed by atoms with Crippen molar-refractivity contribution in [2.24, 2.45) is 0 Å². The van der Waals surface area contributed by atoms with Crippen molar-refractivity contribution in [1.82, 2.24) is 10.6 Å². The summed E-state index contributed by atoms with van der Waals surface area (Å²) in [6, 6.07) is -2.84. The first-order chi connectivity index (χ1) is 42.9. The number of unbranched alkanes of at least 4 members (excludes halogenated alkanes) is 30. The molecule has 7 N–H and O–H groups in total. The molecule has 2 aliphatic rings. The molecule has 0 unspecified atom stereocenters. The van der Waals surface area contributed by atoms with Gasteiger partial charge in [0.2, 0.25) is 11.8 Å². The standard InChI is InChI=1S/C66H126N2O19P2/c1-7-11-15-19-22-25-26-27-28-29-30-32-34-38-42-46-57(70)67-60-64(82-49-47-54(80-6)45-41-36-18-14-10-4)62(86-88(73,74)75)56(51-79-5)85-65(60)83-52-55-61(72)63(81-48-43-39-35-24-21-17-13-9-3)59(66(84-55)87-89(76,77)78)68-58(71)50-53(69)44-40-37-33-31-23-20-16-12-8-2/h25-26,54-56,59-66,72H,7-24,27-52H2,1-6H3,(H,67,70)(H,68,71)(H2,73,74,75)(H2,76,77,78)/b26-25-/t54-,55+,56+,59+,60+,61+,62+,63+,64+,65+,66+/m0/s1. The van der Waals surface area contributed by atoms with Crippen LogP contribution in [0.2, 0.25) is 0 Å². The summed E-state index contributed by atoms with van der Waals surface area (Å²) in [6.45, 7) is 7.91. The molecule has 23 heteroatoms. The molecule has 0 saturated carbocycles. The first-order valence-electron chi connectivity index (χ1n) is 35.0. The molecule has 0 aromatic heterocycles. The molecular weight excluding hydrogens is 1190 g/mol. The van der Waals surface area contributed by atoms with Crippen LogP contribution in [-0.2, 0) is 65.7 Å². The third-order valence-corrected chi connectivity index (χ3v) is 17.8. The summed E-state index contributed by atoms with van der Waals surface area (Å²) in [5.74, 6) is -1.52. The summed E-state index contributed by atoms with van der Waals surface area (Å²) in [7, 11) is -7.69. The minimum Gasteiger partial charge on any atom is -0.388 e. The number of nitrogens with one attached hydrogen (secondary N) is 2. The van der Waals surface area contributed by atoms with Gasteiger partial charge in [-0.2, -0.15) is 0 Å². The number of ether oxygens (including phenoxy) is 7. The van der Waals surface area contributed by atoms with E-state index in [4.69, 9.17) is 42.2 Å². The van der Waals surface area contributed by atoms with Crippen LogP contribution < -0.4 is 10.6 Å². The maximum Gasteiger partial charge on any atom is 0.472 e. The lowest BCUT2D eigenvalue weighted by molar-refractivity contribution is -0.301. The van der Waals surface area contributed by atoms with Crippen LogP contribution in [0.25, 0.3) is 0 Å². The van der Waals surface area contributed by atoms with E-state index in [0.29, 0.717) is 25.7 Å². The number of aliphatic hydroxyl groups is 1. The average molecular weight is 1310 g/mol. The molecule has 0 aromatic carbocycles. The Hall–Kier alpha value is -1.75. The van der Waals surface area contributed by atoms with Crippen LogP contribution in [0.4, 0.5) is 0 Å². The number of amides is 2. The van der Waals surface area contributed by atoms with Gasteiger partial charge < -0.3 is 68.5 Å². The van der Waals surface area contributed by atoms with Gasteiger partial charge in [0.05, 0.1) is 25.7 Å². The second kappa shape index (κ2) is 52.5. The monoisotopic (exact) mass is 1310 g/mol. The van der Waals surface area contributed by atoms with Crippen LogP contribution in [0, 0.1) is 0 Å². The minimum atomic E-state index is -5.39. The predicted octanol–water partition coefficient (Wildman–Crippen LogP) is 13.6. The van der Waals surface area contributed by atoms with Crippen molar-refractivity contribution >= 4 is 33.2 Å². The van der Waals surface area contributed by atoms with Gasteiger partial charge in [0.15, 0.2) is 12.6 Å². The molecule has 0 aliphatic carbocycles. The van der Waals surface area contributed by atoms with Crippen molar-refractivity contribution in [2.75, 3.05) is 40.6 Å². The van der Waals surface area contributed by atoms with Gasteiger partial charge in [-0.05, 0) is 57.8 Å². The molecule has 2 heterocycles. The lowest BCUT2D eigenvalue weighted by Crippen LogP contribution is -2.67. The lowest BCUT2D eigenvalue weighted by Gasteiger charge is -2.47. The largest absolute Gasteiger partial charge is 0.472 e. The highest BCUT2D eigenvalue weighted by molar-refractivity contribution is 7.46. The smallest absolute Gasteiger partial charge is 0.388 e. The summed E-state index contributed by atoms with van der Waals surface area (Å²) < 4.78 is 79.3. The van der Waals surface area contributed by atoms with E-state index in [1.54, 1.807) is 7.11 Å². The Morgan fingerprint density at radius 1 is 0.472 bits per heavy atom. The van der Waals surface area contributed by atoms with Crippen LogP contribution >= 0.6 is 15.6 Å².